The van der Waals surface area contributed by atoms with Gasteiger partial charge in [0.25, 0.3) is 0 Å². The summed E-state index contributed by atoms with van der Waals surface area (Å²) in [5, 5.41) is 12.1. The van der Waals surface area contributed by atoms with E-state index in [9.17, 15) is 4.39 Å². The number of hydrogen-bond donors (Lipinski definition) is 1. The van der Waals surface area contributed by atoms with Crippen LogP contribution in [-0.2, 0) is 6.54 Å². The Morgan fingerprint density at radius 1 is 1.29 bits per heavy atom. The molecule has 1 N–H and O–H groups in total. The molecule has 4 heteroatoms. The minimum absolute atomic E-state index is 0.202. The molecule has 0 radical (unpaired) electrons. The third-order valence-electron chi connectivity index (χ3n) is 3.33. The summed E-state index contributed by atoms with van der Waals surface area (Å²) in [5.41, 5.74) is 2.11. The van der Waals surface area contributed by atoms with Crippen LogP contribution in [0.25, 0.3) is 0 Å². The number of hydrogen-bond acceptors (Lipinski definition) is 3. The maximum absolute atomic E-state index is 14.0. The highest BCUT2D eigenvalue weighted by Crippen LogP contribution is 2.27. The molecule has 1 atom stereocenters. The number of halogens is 1. The molecule has 0 amide bonds. The molecule has 108 valence electrons. The molecule has 0 aliphatic heterocycles. The van der Waals surface area contributed by atoms with Crippen LogP contribution in [0.15, 0.2) is 42.5 Å². The van der Waals surface area contributed by atoms with Crippen LogP contribution in [0.5, 0.6) is 5.75 Å². The lowest BCUT2D eigenvalue weighted by molar-refractivity contribution is 0.393. The lowest BCUT2D eigenvalue weighted by Crippen LogP contribution is -2.20. The van der Waals surface area contributed by atoms with Crippen molar-refractivity contribution in [2.24, 2.45) is 0 Å². The van der Waals surface area contributed by atoms with Crippen LogP contribution in [0.3, 0.4) is 0 Å². The SMILES string of the molecule is COc1cccc(F)c1C(C)NCc1cccc(C#N)c1. The van der Waals surface area contributed by atoms with Gasteiger partial charge in [-0.3, -0.25) is 0 Å². The molecule has 1 unspecified atom stereocenters. The second-order valence-corrected chi connectivity index (χ2v) is 4.77. The van der Waals surface area contributed by atoms with E-state index in [1.54, 1.807) is 18.2 Å². The molecule has 0 aromatic heterocycles. The highest BCUT2D eigenvalue weighted by molar-refractivity contribution is 5.37. The van der Waals surface area contributed by atoms with Gasteiger partial charge in [-0.05, 0) is 36.8 Å². The third kappa shape index (κ3) is 3.59. The second-order valence-electron chi connectivity index (χ2n) is 4.77. The highest BCUT2D eigenvalue weighted by Gasteiger charge is 2.15. The predicted octanol–water partition coefficient (Wildman–Crippen LogP) is 3.56. The van der Waals surface area contributed by atoms with Crippen LogP contribution < -0.4 is 10.1 Å². The molecule has 21 heavy (non-hydrogen) atoms. The number of ether oxygens (including phenoxy) is 1. The van der Waals surface area contributed by atoms with Crippen molar-refractivity contribution in [3.63, 3.8) is 0 Å². The number of rotatable bonds is 5. The van der Waals surface area contributed by atoms with E-state index in [2.05, 4.69) is 11.4 Å². The fourth-order valence-electron chi connectivity index (χ4n) is 2.24. The van der Waals surface area contributed by atoms with Gasteiger partial charge in [-0.1, -0.05) is 18.2 Å². The molecule has 0 fully saturated rings. The van der Waals surface area contributed by atoms with Crippen LogP contribution in [0.4, 0.5) is 4.39 Å². The van der Waals surface area contributed by atoms with E-state index in [1.165, 1.54) is 13.2 Å². The summed E-state index contributed by atoms with van der Waals surface area (Å²) in [6.07, 6.45) is 0. The van der Waals surface area contributed by atoms with Crippen molar-refractivity contribution in [3.8, 4) is 11.8 Å². The standard InChI is InChI=1S/C17H17FN2O/c1-12(17-15(18)7-4-8-16(17)21-2)20-11-14-6-3-5-13(9-14)10-19/h3-9,12,20H,11H2,1-2H3. The first-order valence-electron chi connectivity index (χ1n) is 6.70. The first kappa shape index (κ1) is 15.0. The van der Waals surface area contributed by atoms with E-state index in [0.29, 0.717) is 23.4 Å². The molecule has 0 saturated heterocycles. The van der Waals surface area contributed by atoms with E-state index in [0.717, 1.165) is 5.56 Å². The molecule has 0 spiro atoms. The second kappa shape index (κ2) is 6.87. The largest absolute Gasteiger partial charge is 0.496 e. The summed E-state index contributed by atoms with van der Waals surface area (Å²) in [6.45, 7) is 2.43. The molecule has 2 rings (SSSR count). The van der Waals surface area contributed by atoms with E-state index in [1.807, 2.05) is 25.1 Å². The molecule has 0 heterocycles. The van der Waals surface area contributed by atoms with E-state index < -0.39 is 0 Å². The van der Waals surface area contributed by atoms with Gasteiger partial charge in [-0.25, -0.2) is 4.39 Å². The number of nitriles is 1. The van der Waals surface area contributed by atoms with Crippen molar-refractivity contribution in [3.05, 3.63) is 65.0 Å². The van der Waals surface area contributed by atoms with Gasteiger partial charge in [0.2, 0.25) is 0 Å². The van der Waals surface area contributed by atoms with Gasteiger partial charge in [-0.2, -0.15) is 5.26 Å². The Bertz CT molecular complexity index is 664. The minimum Gasteiger partial charge on any atom is -0.496 e. The first-order valence-corrected chi connectivity index (χ1v) is 6.70. The van der Waals surface area contributed by atoms with Crippen molar-refractivity contribution < 1.29 is 9.13 Å². The number of methoxy groups -OCH3 is 1. The summed E-state index contributed by atoms with van der Waals surface area (Å²) in [4.78, 5) is 0. The van der Waals surface area contributed by atoms with Gasteiger partial charge in [0, 0.05) is 18.2 Å². The van der Waals surface area contributed by atoms with E-state index in [4.69, 9.17) is 10.00 Å². The topological polar surface area (TPSA) is 45.0 Å². The third-order valence-corrected chi connectivity index (χ3v) is 3.33. The van der Waals surface area contributed by atoms with E-state index in [-0.39, 0.29) is 11.9 Å². The van der Waals surface area contributed by atoms with Crippen molar-refractivity contribution in [2.75, 3.05) is 7.11 Å². The molecule has 0 saturated carbocycles. The fraction of sp³-hybridized carbons (Fsp3) is 0.235. The Morgan fingerprint density at radius 2 is 2.05 bits per heavy atom. The smallest absolute Gasteiger partial charge is 0.131 e. The van der Waals surface area contributed by atoms with Crippen molar-refractivity contribution in [2.45, 2.75) is 19.5 Å². The Kier molecular flexibility index (Phi) is 4.91. The Morgan fingerprint density at radius 3 is 2.76 bits per heavy atom. The van der Waals surface area contributed by atoms with Gasteiger partial charge >= 0.3 is 0 Å². The fourth-order valence-corrected chi connectivity index (χ4v) is 2.24. The normalized spacial score (nSPS) is 11.7. The summed E-state index contributed by atoms with van der Waals surface area (Å²) < 4.78 is 19.2. The monoisotopic (exact) mass is 284 g/mol. The van der Waals surface area contributed by atoms with Gasteiger partial charge in [-0.15, -0.1) is 0 Å². The number of nitrogens with one attached hydrogen (secondary N) is 1. The molecule has 2 aromatic carbocycles. The molecule has 3 nitrogen and oxygen atoms in total. The summed E-state index contributed by atoms with van der Waals surface area (Å²) in [7, 11) is 1.53. The zero-order chi connectivity index (χ0) is 15.2. The highest BCUT2D eigenvalue weighted by atomic mass is 19.1. The van der Waals surface area contributed by atoms with Crippen molar-refractivity contribution in [1.82, 2.24) is 5.32 Å². The van der Waals surface area contributed by atoms with Crippen LogP contribution >= 0.6 is 0 Å². The molecule has 0 aliphatic rings. The summed E-state index contributed by atoms with van der Waals surface area (Å²) >= 11 is 0. The molecule has 0 aliphatic carbocycles. The number of nitrogens with zero attached hydrogens (tertiary/aromatic N) is 1. The zero-order valence-electron chi connectivity index (χ0n) is 12.1. The zero-order valence-corrected chi connectivity index (χ0v) is 12.1. The maximum atomic E-state index is 14.0. The van der Waals surface area contributed by atoms with Crippen LogP contribution in [0.2, 0.25) is 0 Å². The van der Waals surface area contributed by atoms with Crippen LogP contribution in [0, 0.1) is 17.1 Å². The van der Waals surface area contributed by atoms with Gasteiger partial charge in [0.05, 0.1) is 18.7 Å². The van der Waals surface area contributed by atoms with Crippen molar-refractivity contribution in [1.29, 1.82) is 5.26 Å². The molecule has 0 bridgehead atoms. The summed E-state index contributed by atoms with van der Waals surface area (Å²) in [6, 6.07) is 14.0. The van der Waals surface area contributed by atoms with Crippen LogP contribution in [-0.4, -0.2) is 7.11 Å². The molecule has 2 aromatic rings. The Balaban J connectivity index is 2.12. The average molecular weight is 284 g/mol. The van der Waals surface area contributed by atoms with Gasteiger partial charge in [0.1, 0.15) is 11.6 Å². The lowest BCUT2D eigenvalue weighted by Gasteiger charge is -2.18. The van der Waals surface area contributed by atoms with Gasteiger partial charge in [0.15, 0.2) is 0 Å². The maximum Gasteiger partial charge on any atom is 0.131 e. The van der Waals surface area contributed by atoms with Crippen molar-refractivity contribution >= 4 is 0 Å². The Hall–Kier alpha value is -2.38. The average Bonchev–Trinajstić information content (AvgIpc) is 2.52. The predicted molar refractivity (Wildman–Crippen MR) is 79.4 cm³/mol. The van der Waals surface area contributed by atoms with Gasteiger partial charge < -0.3 is 10.1 Å². The molecular weight excluding hydrogens is 267 g/mol. The Labute approximate surface area is 124 Å². The quantitative estimate of drug-likeness (QED) is 0.913. The molecular formula is C17H17FN2O. The van der Waals surface area contributed by atoms with E-state index >= 15 is 0 Å². The van der Waals surface area contributed by atoms with Crippen LogP contribution in [0.1, 0.15) is 29.7 Å². The first-order chi connectivity index (χ1) is 10.2. The minimum atomic E-state index is -0.292. The lowest BCUT2D eigenvalue weighted by atomic mass is 10.1. The summed E-state index contributed by atoms with van der Waals surface area (Å²) in [5.74, 6) is 0.237. The number of benzene rings is 2.